The van der Waals surface area contributed by atoms with E-state index in [-0.39, 0.29) is 28.1 Å². The number of aromatic nitrogens is 1. The molecule has 3 rings (SSSR count). The predicted octanol–water partition coefficient (Wildman–Crippen LogP) is 3.06. The SMILES string of the molecule is O=C(Nc1cc(Cl)ccc1[N+](=O)[O-])c1ccc(OC2CCOC2)nc1. The Bertz CT molecular complexity index is 791. The van der Waals surface area contributed by atoms with Crippen LogP contribution >= 0.6 is 11.6 Å². The fraction of sp³-hybridized carbons (Fsp3) is 0.250. The first kappa shape index (κ1) is 17.1. The van der Waals surface area contributed by atoms with E-state index in [1.165, 1.54) is 30.5 Å². The number of hydrogen-bond acceptors (Lipinski definition) is 6. The summed E-state index contributed by atoms with van der Waals surface area (Å²) in [6.07, 6.45) is 2.10. The highest BCUT2D eigenvalue weighted by Crippen LogP contribution is 2.28. The van der Waals surface area contributed by atoms with Crippen molar-refractivity contribution >= 4 is 28.9 Å². The van der Waals surface area contributed by atoms with Gasteiger partial charge in [0.1, 0.15) is 11.8 Å². The highest BCUT2D eigenvalue weighted by molar-refractivity contribution is 6.31. The lowest BCUT2D eigenvalue weighted by atomic mass is 10.2. The Morgan fingerprint density at radius 2 is 2.24 bits per heavy atom. The number of nitrogens with one attached hydrogen (secondary N) is 1. The van der Waals surface area contributed by atoms with Crippen LogP contribution in [0.1, 0.15) is 16.8 Å². The van der Waals surface area contributed by atoms with Gasteiger partial charge in [-0.3, -0.25) is 14.9 Å². The van der Waals surface area contributed by atoms with E-state index in [1.807, 2.05) is 0 Å². The minimum Gasteiger partial charge on any atom is -0.472 e. The molecule has 1 fully saturated rings. The number of hydrogen-bond donors (Lipinski definition) is 1. The van der Waals surface area contributed by atoms with E-state index < -0.39 is 10.8 Å². The number of carbonyl (C=O) groups excluding carboxylic acids is 1. The van der Waals surface area contributed by atoms with Gasteiger partial charge in [0.05, 0.1) is 23.7 Å². The predicted molar refractivity (Wildman–Crippen MR) is 90.1 cm³/mol. The van der Waals surface area contributed by atoms with Gasteiger partial charge in [0.2, 0.25) is 5.88 Å². The Balaban J connectivity index is 1.71. The first-order chi connectivity index (χ1) is 12.0. The second-order valence-corrected chi connectivity index (χ2v) is 5.80. The van der Waals surface area contributed by atoms with Crippen molar-refractivity contribution in [1.82, 2.24) is 4.98 Å². The Labute approximate surface area is 147 Å². The number of amides is 1. The van der Waals surface area contributed by atoms with E-state index in [9.17, 15) is 14.9 Å². The van der Waals surface area contributed by atoms with Gasteiger partial charge in [-0.05, 0) is 18.2 Å². The number of nitro groups is 1. The third-order valence-electron chi connectivity index (χ3n) is 3.58. The average molecular weight is 364 g/mol. The van der Waals surface area contributed by atoms with Gasteiger partial charge in [0.15, 0.2) is 0 Å². The smallest absolute Gasteiger partial charge is 0.292 e. The molecule has 2 heterocycles. The van der Waals surface area contributed by atoms with Crippen molar-refractivity contribution in [3.05, 3.63) is 57.2 Å². The van der Waals surface area contributed by atoms with Gasteiger partial charge in [0, 0.05) is 29.8 Å². The van der Waals surface area contributed by atoms with E-state index in [1.54, 1.807) is 6.07 Å². The van der Waals surface area contributed by atoms with Crippen molar-refractivity contribution in [3.63, 3.8) is 0 Å². The van der Waals surface area contributed by atoms with E-state index in [0.717, 1.165) is 6.42 Å². The van der Waals surface area contributed by atoms with Crippen molar-refractivity contribution in [3.8, 4) is 5.88 Å². The summed E-state index contributed by atoms with van der Waals surface area (Å²) >= 11 is 5.84. The van der Waals surface area contributed by atoms with Gasteiger partial charge in [-0.15, -0.1) is 0 Å². The van der Waals surface area contributed by atoms with Crippen LogP contribution in [0.5, 0.6) is 5.88 Å². The zero-order chi connectivity index (χ0) is 17.8. The van der Waals surface area contributed by atoms with Gasteiger partial charge in [0.25, 0.3) is 11.6 Å². The Morgan fingerprint density at radius 1 is 1.40 bits per heavy atom. The molecule has 1 aliphatic heterocycles. The van der Waals surface area contributed by atoms with Crippen LogP contribution in [0.15, 0.2) is 36.5 Å². The van der Waals surface area contributed by atoms with E-state index in [4.69, 9.17) is 21.1 Å². The fourth-order valence-electron chi connectivity index (χ4n) is 2.32. The first-order valence-corrected chi connectivity index (χ1v) is 7.86. The zero-order valence-electron chi connectivity index (χ0n) is 13.0. The highest BCUT2D eigenvalue weighted by atomic mass is 35.5. The molecule has 1 aromatic carbocycles. The number of halogens is 1. The molecule has 8 nitrogen and oxygen atoms in total. The van der Waals surface area contributed by atoms with Gasteiger partial charge >= 0.3 is 0 Å². The molecule has 0 bridgehead atoms. The fourth-order valence-corrected chi connectivity index (χ4v) is 2.50. The molecule has 0 radical (unpaired) electrons. The summed E-state index contributed by atoms with van der Waals surface area (Å²) in [5.74, 6) is -0.144. The molecular weight excluding hydrogens is 350 g/mol. The molecule has 1 amide bonds. The topological polar surface area (TPSA) is 104 Å². The maximum Gasteiger partial charge on any atom is 0.292 e. The number of nitro benzene ring substituents is 1. The monoisotopic (exact) mass is 363 g/mol. The van der Waals surface area contributed by atoms with Crippen molar-refractivity contribution in [2.24, 2.45) is 0 Å². The summed E-state index contributed by atoms with van der Waals surface area (Å²) in [7, 11) is 0. The molecule has 1 N–H and O–H groups in total. The molecule has 1 atom stereocenters. The highest BCUT2D eigenvalue weighted by Gasteiger charge is 2.19. The average Bonchev–Trinajstić information content (AvgIpc) is 3.08. The van der Waals surface area contributed by atoms with Crippen LogP contribution in [-0.4, -0.2) is 35.1 Å². The van der Waals surface area contributed by atoms with Gasteiger partial charge < -0.3 is 14.8 Å². The molecule has 25 heavy (non-hydrogen) atoms. The minimum atomic E-state index is -0.592. The minimum absolute atomic E-state index is 0.0194. The quantitative estimate of drug-likeness (QED) is 0.646. The van der Waals surface area contributed by atoms with Gasteiger partial charge in [-0.1, -0.05) is 11.6 Å². The number of ether oxygens (including phenoxy) is 2. The van der Waals surface area contributed by atoms with Crippen molar-refractivity contribution < 1.29 is 19.2 Å². The van der Waals surface area contributed by atoms with E-state index in [0.29, 0.717) is 19.1 Å². The second-order valence-electron chi connectivity index (χ2n) is 5.36. The van der Waals surface area contributed by atoms with Gasteiger partial charge in [-0.2, -0.15) is 0 Å². The van der Waals surface area contributed by atoms with Crippen LogP contribution in [0, 0.1) is 10.1 Å². The maximum absolute atomic E-state index is 12.3. The molecule has 0 aliphatic carbocycles. The normalized spacial score (nSPS) is 16.4. The molecular formula is C16H14ClN3O5. The van der Waals surface area contributed by atoms with Crippen LogP contribution in [0.3, 0.4) is 0 Å². The molecule has 0 saturated carbocycles. The summed E-state index contributed by atoms with van der Waals surface area (Å²) < 4.78 is 10.8. The molecule has 1 aliphatic rings. The van der Waals surface area contributed by atoms with E-state index in [2.05, 4.69) is 10.3 Å². The number of benzene rings is 1. The molecule has 2 aromatic rings. The van der Waals surface area contributed by atoms with Crippen molar-refractivity contribution in [1.29, 1.82) is 0 Å². The van der Waals surface area contributed by atoms with Crippen LogP contribution < -0.4 is 10.1 Å². The number of carbonyl (C=O) groups is 1. The first-order valence-electron chi connectivity index (χ1n) is 7.48. The largest absolute Gasteiger partial charge is 0.472 e. The van der Waals surface area contributed by atoms with E-state index >= 15 is 0 Å². The summed E-state index contributed by atoms with van der Waals surface area (Å²) in [4.78, 5) is 26.8. The summed E-state index contributed by atoms with van der Waals surface area (Å²) in [5.41, 5.74) is 0.0159. The number of pyridine rings is 1. The Kier molecular flexibility index (Phi) is 5.11. The zero-order valence-corrected chi connectivity index (χ0v) is 13.7. The van der Waals surface area contributed by atoms with Crippen LogP contribution in [0.2, 0.25) is 5.02 Å². The third-order valence-corrected chi connectivity index (χ3v) is 3.81. The third kappa shape index (κ3) is 4.23. The second kappa shape index (κ2) is 7.45. The van der Waals surface area contributed by atoms with Gasteiger partial charge in [-0.25, -0.2) is 4.98 Å². The molecule has 1 aromatic heterocycles. The van der Waals surface area contributed by atoms with Crippen molar-refractivity contribution in [2.45, 2.75) is 12.5 Å². The number of anilines is 1. The Hall–Kier alpha value is -2.71. The molecule has 9 heteroatoms. The summed E-state index contributed by atoms with van der Waals surface area (Å²) in [5, 5.41) is 13.8. The van der Waals surface area contributed by atoms with Crippen LogP contribution in [-0.2, 0) is 4.74 Å². The van der Waals surface area contributed by atoms with Crippen LogP contribution in [0.4, 0.5) is 11.4 Å². The molecule has 1 saturated heterocycles. The van der Waals surface area contributed by atoms with Crippen molar-refractivity contribution in [2.75, 3.05) is 18.5 Å². The number of nitrogens with zero attached hydrogens (tertiary/aromatic N) is 2. The molecule has 1 unspecified atom stereocenters. The standard InChI is InChI=1S/C16H14ClN3O5/c17-11-2-3-14(20(22)23)13(7-11)19-16(21)10-1-4-15(18-8-10)25-12-5-6-24-9-12/h1-4,7-8,12H,5-6,9H2,(H,19,21). The number of rotatable bonds is 5. The summed E-state index contributed by atoms with van der Waals surface area (Å²) in [6, 6.07) is 7.04. The van der Waals surface area contributed by atoms with Crippen LogP contribution in [0.25, 0.3) is 0 Å². The lowest BCUT2D eigenvalue weighted by Gasteiger charge is -2.11. The maximum atomic E-state index is 12.3. The summed E-state index contributed by atoms with van der Waals surface area (Å²) in [6.45, 7) is 1.17. The lowest BCUT2D eigenvalue weighted by Crippen LogP contribution is -2.17. The Morgan fingerprint density at radius 3 is 2.88 bits per heavy atom. The molecule has 0 spiro atoms. The lowest BCUT2D eigenvalue weighted by molar-refractivity contribution is -0.383. The molecule has 130 valence electrons.